The van der Waals surface area contributed by atoms with E-state index in [9.17, 15) is 14.4 Å². The fourth-order valence-corrected chi connectivity index (χ4v) is 5.54. The number of carbonyl (C=O) groups is 3. The van der Waals surface area contributed by atoms with Crippen molar-refractivity contribution in [3.05, 3.63) is 64.1 Å². The molecule has 1 amide bonds. The SMILES string of the molecule is C[C@]1(C(=O)c2ccccc2)[C@H]2c3cc(Br)ccc3OC(=O)[C@]21C(=O)N1CCOCC1. The molecule has 0 radical (unpaired) electrons. The first-order valence-electron chi connectivity index (χ1n) is 9.91. The van der Waals surface area contributed by atoms with Crippen LogP contribution in [0.4, 0.5) is 0 Å². The molecule has 1 aliphatic carbocycles. The Kier molecular flexibility index (Phi) is 4.38. The lowest BCUT2D eigenvalue weighted by atomic mass is 9.86. The Bertz CT molecular complexity index is 1060. The standard InChI is InChI=1S/C23H20BrNO5/c1-22(19(26)14-5-3-2-4-6-14)18-16-13-15(24)7-8-17(16)30-21(28)23(18,22)20(27)25-9-11-29-12-10-25/h2-8,13,18H,9-12H2,1H3/t18-,22-,23-/m1/s1. The molecule has 154 valence electrons. The van der Waals surface area contributed by atoms with Gasteiger partial charge in [-0.05, 0) is 25.1 Å². The summed E-state index contributed by atoms with van der Waals surface area (Å²) in [4.78, 5) is 42.5. The van der Waals surface area contributed by atoms with Gasteiger partial charge < -0.3 is 14.4 Å². The molecule has 0 N–H and O–H groups in total. The number of morpholine rings is 1. The third kappa shape index (κ3) is 2.42. The maximum absolute atomic E-state index is 13.8. The van der Waals surface area contributed by atoms with E-state index in [1.807, 2.05) is 12.1 Å². The van der Waals surface area contributed by atoms with Crippen LogP contribution in [0.1, 0.15) is 28.8 Å². The maximum Gasteiger partial charge on any atom is 0.328 e. The minimum absolute atomic E-state index is 0.223. The number of Topliss-reactive ketones (excluding diaryl/α,β-unsaturated/α-hetero) is 1. The zero-order valence-electron chi connectivity index (χ0n) is 16.4. The molecule has 2 aliphatic heterocycles. The summed E-state index contributed by atoms with van der Waals surface area (Å²) in [5, 5.41) is 0. The van der Waals surface area contributed by atoms with Crippen LogP contribution in [-0.2, 0) is 14.3 Å². The molecule has 0 bridgehead atoms. The van der Waals surface area contributed by atoms with Crippen molar-refractivity contribution in [1.82, 2.24) is 4.90 Å². The van der Waals surface area contributed by atoms with Gasteiger partial charge in [-0.1, -0.05) is 46.3 Å². The molecule has 1 saturated carbocycles. The van der Waals surface area contributed by atoms with Gasteiger partial charge in [0.15, 0.2) is 11.2 Å². The van der Waals surface area contributed by atoms with E-state index in [-0.39, 0.29) is 11.7 Å². The molecule has 5 rings (SSSR count). The summed E-state index contributed by atoms with van der Waals surface area (Å²) in [5.41, 5.74) is -1.61. The normalized spacial score (nSPS) is 29.5. The largest absolute Gasteiger partial charge is 0.425 e. The number of fused-ring (bicyclic) bond motifs is 3. The van der Waals surface area contributed by atoms with Gasteiger partial charge in [-0.2, -0.15) is 0 Å². The molecule has 3 atom stereocenters. The molecule has 3 aliphatic rings. The summed E-state index contributed by atoms with van der Waals surface area (Å²) in [7, 11) is 0. The monoisotopic (exact) mass is 469 g/mol. The highest BCUT2D eigenvalue weighted by Crippen LogP contribution is 2.78. The van der Waals surface area contributed by atoms with E-state index in [1.165, 1.54) is 0 Å². The summed E-state index contributed by atoms with van der Waals surface area (Å²) >= 11 is 3.47. The molecule has 2 aromatic carbocycles. The van der Waals surface area contributed by atoms with Crippen LogP contribution in [0.15, 0.2) is 53.0 Å². The first-order chi connectivity index (χ1) is 14.4. The van der Waals surface area contributed by atoms with E-state index in [2.05, 4.69) is 15.9 Å². The van der Waals surface area contributed by atoms with Gasteiger partial charge in [0.2, 0.25) is 5.91 Å². The second-order valence-electron chi connectivity index (χ2n) is 8.11. The van der Waals surface area contributed by atoms with Crippen molar-refractivity contribution >= 4 is 33.6 Å². The molecule has 6 nitrogen and oxygen atoms in total. The smallest absolute Gasteiger partial charge is 0.328 e. The zero-order chi connectivity index (χ0) is 21.1. The Balaban J connectivity index is 1.68. The van der Waals surface area contributed by atoms with Crippen LogP contribution in [0, 0.1) is 10.8 Å². The number of halogens is 1. The number of hydrogen-bond acceptors (Lipinski definition) is 5. The lowest BCUT2D eigenvalue weighted by Gasteiger charge is -2.32. The molecule has 0 spiro atoms. The number of amides is 1. The van der Waals surface area contributed by atoms with Crippen molar-refractivity contribution in [2.75, 3.05) is 26.3 Å². The fraction of sp³-hybridized carbons (Fsp3) is 0.348. The quantitative estimate of drug-likeness (QED) is 0.298. The molecule has 30 heavy (non-hydrogen) atoms. The summed E-state index contributed by atoms with van der Waals surface area (Å²) in [6.45, 7) is 3.33. The predicted octanol–water partition coefficient (Wildman–Crippen LogP) is 3.20. The number of esters is 1. The topological polar surface area (TPSA) is 72.9 Å². The highest BCUT2D eigenvalue weighted by Gasteiger charge is 2.88. The number of rotatable bonds is 3. The van der Waals surface area contributed by atoms with Crippen LogP contribution >= 0.6 is 15.9 Å². The van der Waals surface area contributed by atoms with Crippen molar-refractivity contribution in [3.8, 4) is 5.75 Å². The molecule has 7 heteroatoms. The fourth-order valence-electron chi connectivity index (χ4n) is 5.16. The van der Waals surface area contributed by atoms with Gasteiger partial charge in [0.25, 0.3) is 0 Å². The Morgan fingerprint density at radius 3 is 2.50 bits per heavy atom. The minimum atomic E-state index is -1.56. The van der Waals surface area contributed by atoms with Crippen molar-refractivity contribution < 1.29 is 23.9 Å². The average Bonchev–Trinajstić information content (AvgIpc) is 3.37. The molecule has 2 heterocycles. The molecule has 1 saturated heterocycles. The van der Waals surface area contributed by atoms with Gasteiger partial charge in [-0.15, -0.1) is 0 Å². The number of nitrogens with zero attached hydrogens (tertiary/aromatic N) is 1. The summed E-state index contributed by atoms with van der Waals surface area (Å²) in [5.74, 6) is -1.40. The molecule has 0 unspecified atom stereocenters. The lowest BCUT2D eigenvalue weighted by Crippen LogP contribution is -2.50. The van der Waals surface area contributed by atoms with Gasteiger partial charge in [-0.3, -0.25) is 14.4 Å². The predicted molar refractivity (Wildman–Crippen MR) is 111 cm³/mol. The Morgan fingerprint density at radius 1 is 1.10 bits per heavy atom. The van der Waals surface area contributed by atoms with Gasteiger partial charge >= 0.3 is 5.97 Å². The van der Waals surface area contributed by atoms with E-state index in [4.69, 9.17) is 9.47 Å². The van der Waals surface area contributed by atoms with Gasteiger partial charge in [0.05, 0.1) is 18.6 Å². The molecular formula is C23H20BrNO5. The minimum Gasteiger partial charge on any atom is -0.425 e. The maximum atomic E-state index is 13.8. The number of ether oxygens (including phenoxy) is 2. The van der Waals surface area contributed by atoms with Crippen molar-refractivity contribution in [2.45, 2.75) is 12.8 Å². The van der Waals surface area contributed by atoms with Crippen molar-refractivity contribution in [1.29, 1.82) is 0 Å². The van der Waals surface area contributed by atoms with Crippen LogP contribution in [0.25, 0.3) is 0 Å². The van der Waals surface area contributed by atoms with Crippen molar-refractivity contribution in [3.63, 3.8) is 0 Å². The van der Waals surface area contributed by atoms with Crippen LogP contribution < -0.4 is 4.74 Å². The van der Waals surface area contributed by atoms with Gasteiger partial charge in [0, 0.05) is 34.6 Å². The first-order valence-corrected chi connectivity index (χ1v) is 10.7. The third-order valence-corrected chi connectivity index (χ3v) is 7.19. The van der Waals surface area contributed by atoms with Crippen molar-refractivity contribution in [2.24, 2.45) is 10.8 Å². The van der Waals surface area contributed by atoms with Crippen LogP contribution in [-0.4, -0.2) is 48.9 Å². The van der Waals surface area contributed by atoms with Crippen LogP contribution in [0.3, 0.4) is 0 Å². The number of carbonyl (C=O) groups excluding carboxylic acids is 3. The first kappa shape index (κ1) is 19.5. The molecule has 2 fully saturated rings. The Morgan fingerprint density at radius 2 is 1.80 bits per heavy atom. The van der Waals surface area contributed by atoms with Gasteiger partial charge in [0.1, 0.15) is 5.75 Å². The third-order valence-electron chi connectivity index (χ3n) is 6.70. The highest BCUT2D eigenvalue weighted by molar-refractivity contribution is 9.10. The second kappa shape index (κ2) is 6.75. The van der Waals surface area contributed by atoms with E-state index >= 15 is 0 Å². The van der Waals surface area contributed by atoms with Gasteiger partial charge in [-0.25, -0.2) is 0 Å². The van der Waals surface area contributed by atoms with E-state index in [0.717, 1.165) is 4.47 Å². The Labute approximate surface area is 182 Å². The number of ketones is 1. The number of benzene rings is 2. The van der Waals surface area contributed by atoms with E-state index in [0.29, 0.717) is 43.2 Å². The summed E-state index contributed by atoms with van der Waals surface area (Å²) in [6, 6.07) is 14.2. The van der Waals surface area contributed by atoms with E-state index < -0.39 is 22.7 Å². The average molecular weight is 470 g/mol. The van der Waals surface area contributed by atoms with Crippen LogP contribution in [0.2, 0.25) is 0 Å². The number of hydrogen-bond donors (Lipinski definition) is 0. The van der Waals surface area contributed by atoms with E-state index in [1.54, 1.807) is 48.2 Å². The second-order valence-corrected chi connectivity index (χ2v) is 9.03. The molecule has 0 aromatic heterocycles. The molecule has 2 aromatic rings. The summed E-state index contributed by atoms with van der Waals surface area (Å²) in [6.07, 6.45) is 0. The molecular weight excluding hydrogens is 450 g/mol. The summed E-state index contributed by atoms with van der Waals surface area (Å²) < 4.78 is 11.8. The van der Waals surface area contributed by atoms with Crippen LogP contribution in [0.5, 0.6) is 5.75 Å². The Hall–Kier alpha value is -2.51. The zero-order valence-corrected chi connectivity index (χ0v) is 18.0. The lowest BCUT2D eigenvalue weighted by molar-refractivity contribution is -0.156. The highest BCUT2D eigenvalue weighted by atomic mass is 79.9.